The van der Waals surface area contributed by atoms with Gasteiger partial charge in [-0.15, -0.1) is 10.2 Å². The van der Waals surface area contributed by atoms with Crippen molar-refractivity contribution in [1.29, 1.82) is 0 Å². The van der Waals surface area contributed by atoms with E-state index < -0.39 is 0 Å². The van der Waals surface area contributed by atoms with E-state index in [2.05, 4.69) is 58.2 Å². The van der Waals surface area contributed by atoms with E-state index in [1.54, 1.807) is 12.5 Å². The quantitative estimate of drug-likeness (QED) is 0.503. The minimum atomic E-state index is 0.169. The fraction of sp³-hybridized carbons (Fsp3) is 0.348. The Hall–Kier alpha value is -3.55. The number of rotatable bonds is 4. The lowest BCUT2D eigenvalue weighted by molar-refractivity contribution is 0.341. The number of anilines is 1. The van der Waals surface area contributed by atoms with Crippen LogP contribution >= 0.6 is 0 Å². The summed E-state index contributed by atoms with van der Waals surface area (Å²) >= 11 is 0. The van der Waals surface area contributed by atoms with Crippen molar-refractivity contribution in [2.45, 2.75) is 51.6 Å². The molecule has 0 spiro atoms. The summed E-state index contributed by atoms with van der Waals surface area (Å²) in [7, 11) is 0. The van der Waals surface area contributed by atoms with E-state index in [1.807, 2.05) is 21.5 Å². The van der Waals surface area contributed by atoms with Crippen molar-refractivity contribution >= 4 is 5.82 Å². The van der Waals surface area contributed by atoms with Gasteiger partial charge in [-0.3, -0.25) is 9.13 Å². The Bertz CT molecular complexity index is 1230. The fourth-order valence-corrected chi connectivity index (χ4v) is 4.61. The van der Waals surface area contributed by atoms with Crippen LogP contribution < -0.4 is 4.90 Å². The van der Waals surface area contributed by atoms with Crippen molar-refractivity contribution in [3.63, 3.8) is 0 Å². The van der Waals surface area contributed by atoms with Crippen molar-refractivity contribution in [3.8, 4) is 23.0 Å². The topological polar surface area (TPSA) is 77.5 Å². The molecule has 0 bridgehead atoms. The summed E-state index contributed by atoms with van der Waals surface area (Å²) in [4.78, 5) is 16.8. The van der Waals surface area contributed by atoms with Crippen molar-refractivity contribution in [2.75, 3.05) is 4.90 Å². The number of aromatic nitrogens is 7. The van der Waals surface area contributed by atoms with Gasteiger partial charge in [0.25, 0.3) is 0 Å². The monoisotopic (exact) mass is 412 g/mol. The summed E-state index contributed by atoms with van der Waals surface area (Å²) in [6, 6.07) is 9.02. The van der Waals surface area contributed by atoms with E-state index in [0.29, 0.717) is 12.0 Å². The molecule has 1 atom stereocenters. The van der Waals surface area contributed by atoms with E-state index in [9.17, 15) is 0 Å². The Balaban J connectivity index is 1.50. The highest BCUT2D eigenvalue weighted by molar-refractivity contribution is 5.64. The number of aryl methyl sites for hydroxylation is 1. The van der Waals surface area contributed by atoms with Crippen LogP contribution in [0.1, 0.15) is 50.0 Å². The van der Waals surface area contributed by atoms with Crippen LogP contribution in [-0.2, 0) is 0 Å². The minimum Gasteiger partial charge on any atom is -0.341 e. The van der Waals surface area contributed by atoms with Crippen molar-refractivity contribution in [2.24, 2.45) is 0 Å². The standard InChI is InChI=1S/C23H24N8/c1-3-18-22-28-26-14-30(22)19-13-25-23(27-21(19)31(18)17-5-4-6-17)29-12-11-24-20(29)16-9-7-15(2)8-10-16/h7-14,17-18H,3-6H2,1-2H3/t18-/m1/s1. The van der Waals surface area contributed by atoms with Crippen LogP contribution in [0.4, 0.5) is 5.82 Å². The van der Waals surface area contributed by atoms with E-state index in [0.717, 1.165) is 35.1 Å². The highest BCUT2D eigenvalue weighted by Gasteiger charge is 2.39. The van der Waals surface area contributed by atoms with Gasteiger partial charge in [-0.05, 0) is 32.6 Å². The average molecular weight is 413 g/mol. The summed E-state index contributed by atoms with van der Waals surface area (Å²) in [6.45, 7) is 4.29. The predicted octanol–water partition coefficient (Wildman–Crippen LogP) is 4.04. The van der Waals surface area contributed by atoms with Crippen molar-refractivity contribution in [1.82, 2.24) is 34.3 Å². The lowest BCUT2D eigenvalue weighted by atomic mass is 9.89. The zero-order valence-electron chi connectivity index (χ0n) is 17.7. The summed E-state index contributed by atoms with van der Waals surface area (Å²) in [6.07, 6.45) is 12.0. The van der Waals surface area contributed by atoms with Crippen LogP contribution in [-0.4, -0.2) is 40.3 Å². The molecule has 0 N–H and O–H groups in total. The first-order chi connectivity index (χ1) is 15.2. The summed E-state index contributed by atoms with van der Waals surface area (Å²) in [5.74, 6) is 3.39. The normalized spacial score (nSPS) is 17.9. The number of benzene rings is 1. The molecule has 4 heterocycles. The molecule has 1 fully saturated rings. The number of hydrogen-bond donors (Lipinski definition) is 0. The van der Waals surface area contributed by atoms with Gasteiger partial charge < -0.3 is 4.90 Å². The molecule has 2 aliphatic rings. The van der Waals surface area contributed by atoms with E-state index in [1.165, 1.54) is 24.8 Å². The van der Waals surface area contributed by atoms with Crippen LogP contribution in [0.25, 0.3) is 23.0 Å². The van der Waals surface area contributed by atoms with Crippen LogP contribution in [0, 0.1) is 6.92 Å². The van der Waals surface area contributed by atoms with Gasteiger partial charge in [-0.25, -0.2) is 9.97 Å². The summed E-state index contributed by atoms with van der Waals surface area (Å²) in [5.41, 5.74) is 3.20. The maximum Gasteiger partial charge on any atom is 0.237 e. The molecule has 1 saturated carbocycles. The molecular formula is C23H24N8. The second kappa shape index (κ2) is 7.01. The van der Waals surface area contributed by atoms with Crippen molar-refractivity contribution in [3.05, 3.63) is 60.6 Å². The SMILES string of the molecule is CC[C@@H]1c2nncn2-c2cnc(-n3ccnc3-c3ccc(C)cc3)nc2N1C1CCC1. The Labute approximate surface area is 180 Å². The number of hydrogen-bond acceptors (Lipinski definition) is 6. The Kier molecular flexibility index (Phi) is 4.12. The molecule has 8 heteroatoms. The number of imidazole rings is 1. The third-order valence-corrected chi connectivity index (χ3v) is 6.47. The van der Waals surface area contributed by atoms with Crippen molar-refractivity contribution < 1.29 is 0 Å². The molecule has 8 nitrogen and oxygen atoms in total. The van der Waals surface area contributed by atoms with Gasteiger partial charge in [0, 0.05) is 24.0 Å². The van der Waals surface area contributed by atoms with Gasteiger partial charge in [0.15, 0.2) is 11.6 Å². The Morgan fingerprint density at radius 3 is 2.65 bits per heavy atom. The zero-order chi connectivity index (χ0) is 20.9. The van der Waals surface area contributed by atoms with E-state index in [4.69, 9.17) is 9.97 Å². The highest BCUT2D eigenvalue weighted by Crippen LogP contribution is 2.43. The van der Waals surface area contributed by atoms with Crippen LogP contribution in [0.5, 0.6) is 0 Å². The lowest BCUT2D eigenvalue weighted by Gasteiger charge is -2.45. The molecule has 1 aliphatic heterocycles. The molecule has 0 radical (unpaired) electrons. The average Bonchev–Trinajstić information content (AvgIpc) is 3.43. The summed E-state index contributed by atoms with van der Waals surface area (Å²) < 4.78 is 4.00. The third-order valence-electron chi connectivity index (χ3n) is 6.47. The van der Waals surface area contributed by atoms with Crippen LogP contribution in [0.2, 0.25) is 0 Å². The maximum atomic E-state index is 5.08. The Morgan fingerprint density at radius 1 is 1.06 bits per heavy atom. The van der Waals surface area contributed by atoms with Gasteiger partial charge in [0.2, 0.25) is 5.95 Å². The molecule has 1 aromatic carbocycles. The fourth-order valence-electron chi connectivity index (χ4n) is 4.61. The van der Waals surface area contributed by atoms with E-state index in [-0.39, 0.29) is 6.04 Å². The van der Waals surface area contributed by atoms with Crippen LogP contribution in [0.3, 0.4) is 0 Å². The van der Waals surface area contributed by atoms with Gasteiger partial charge >= 0.3 is 0 Å². The zero-order valence-corrected chi connectivity index (χ0v) is 17.7. The van der Waals surface area contributed by atoms with Gasteiger partial charge in [0.1, 0.15) is 17.8 Å². The molecule has 0 unspecified atom stereocenters. The first-order valence-electron chi connectivity index (χ1n) is 10.9. The first kappa shape index (κ1) is 18.2. The largest absolute Gasteiger partial charge is 0.341 e. The molecule has 0 saturated heterocycles. The van der Waals surface area contributed by atoms with Crippen LogP contribution in [0.15, 0.2) is 49.2 Å². The lowest BCUT2D eigenvalue weighted by Crippen LogP contribution is -2.46. The Morgan fingerprint density at radius 2 is 1.90 bits per heavy atom. The molecule has 156 valence electrons. The smallest absolute Gasteiger partial charge is 0.237 e. The first-order valence-corrected chi connectivity index (χ1v) is 10.9. The molecule has 0 amide bonds. The predicted molar refractivity (Wildman–Crippen MR) is 117 cm³/mol. The van der Waals surface area contributed by atoms with E-state index >= 15 is 0 Å². The molecule has 31 heavy (non-hydrogen) atoms. The molecule has 6 rings (SSSR count). The minimum absolute atomic E-state index is 0.169. The number of fused-ring (bicyclic) bond motifs is 3. The molecule has 1 aliphatic carbocycles. The van der Waals surface area contributed by atoms with Gasteiger partial charge in [-0.2, -0.15) is 4.98 Å². The molecular weight excluding hydrogens is 388 g/mol. The molecule has 3 aromatic heterocycles. The van der Waals surface area contributed by atoms with Gasteiger partial charge in [-0.1, -0.05) is 36.8 Å². The van der Waals surface area contributed by atoms with Gasteiger partial charge in [0.05, 0.1) is 12.2 Å². The number of nitrogens with zero attached hydrogens (tertiary/aromatic N) is 8. The summed E-state index contributed by atoms with van der Waals surface area (Å²) in [5, 5.41) is 8.62. The third kappa shape index (κ3) is 2.78. The molecule has 4 aromatic rings. The maximum absolute atomic E-state index is 5.08. The second-order valence-corrected chi connectivity index (χ2v) is 8.34. The highest BCUT2D eigenvalue weighted by atomic mass is 15.4. The second-order valence-electron chi connectivity index (χ2n) is 8.34.